The Balaban J connectivity index is 1.75. The van der Waals surface area contributed by atoms with Crippen LogP contribution in [0.2, 0.25) is 0 Å². The van der Waals surface area contributed by atoms with Crippen LogP contribution >= 0.6 is 0 Å². The Morgan fingerprint density at radius 2 is 1.73 bits per heavy atom. The topological polar surface area (TPSA) is 61.4 Å². The number of hydrogen-bond acceptors (Lipinski definition) is 3. The summed E-state index contributed by atoms with van der Waals surface area (Å²) >= 11 is 0. The number of urea groups is 1. The van der Waals surface area contributed by atoms with Gasteiger partial charge in [0.15, 0.2) is 0 Å². The van der Waals surface area contributed by atoms with Crippen LogP contribution in [-0.2, 0) is 4.79 Å². The van der Waals surface area contributed by atoms with Gasteiger partial charge in [-0.1, -0.05) is 43.9 Å². The Labute approximate surface area is 132 Å². The summed E-state index contributed by atoms with van der Waals surface area (Å²) in [6.07, 6.45) is 7.31. The number of carbonyl (C=O) groups excluding carboxylic acids is 2. The Bertz CT molecular complexity index is 482. The minimum atomic E-state index is -0.481. The predicted molar refractivity (Wildman–Crippen MR) is 87.7 cm³/mol. The largest absolute Gasteiger partial charge is 0.325 e. The Hall–Kier alpha value is -1.88. The number of hydrogen-bond donors (Lipinski definition) is 2. The number of para-hydroxylation sites is 1. The standard InChI is InChI=1S/C17H25N3O2/c1-20(15-11-7-2-3-8-12-15)13-16(21)19-17(22)18-14-9-5-4-6-10-14/h4-6,9-10,15H,2-3,7-8,11-13H2,1H3,(H2,18,19,21,22). The van der Waals surface area contributed by atoms with Crippen molar-refractivity contribution in [3.05, 3.63) is 30.3 Å². The molecule has 3 amide bonds. The summed E-state index contributed by atoms with van der Waals surface area (Å²) < 4.78 is 0. The number of anilines is 1. The Kier molecular flexibility index (Phi) is 6.40. The number of imide groups is 1. The van der Waals surface area contributed by atoms with Gasteiger partial charge in [0.1, 0.15) is 0 Å². The number of benzene rings is 1. The molecule has 0 spiro atoms. The summed E-state index contributed by atoms with van der Waals surface area (Å²) in [7, 11) is 1.96. The SMILES string of the molecule is CN(CC(=O)NC(=O)Nc1ccccc1)C1CCCCCC1. The molecule has 0 saturated heterocycles. The second kappa shape index (κ2) is 8.54. The molecule has 2 rings (SSSR count). The van der Waals surface area contributed by atoms with E-state index in [2.05, 4.69) is 15.5 Å². The predicted octanol–water partition coefficient (Wildman–Crippen LogP) is 2.99. The average Bonchev–Trinajstić information content (AvgIpc) is 2.77. The van der Waals surface area contributed by atoms with E-state index < -0.39 is 6.03 Å². The van der Waals surface area contributed by atoms with Crippen molar-refractivity contribution in [2.45, 2.75) is 44.6 Å². The summed E-state index contributed by atoms with van der Waals surface area (Å²) in [4.78, 5) is 25.8. The third-order valence-corrected chi connectivity index (χ3v) is 4.13. The van der Waals surface area contributed by atoms with Gasteiger partial charge < -0.3 is 5.32 Å². The highest BCUT2D eigenvalue weighted by molar-refractivity contribution is 6.01. The smallest absolute Gasteiger partial charge is 0.308 e. The summed E-state index contributed by atoms with van der Waals surface area (Å²) in [5.41, 5.74) is 0.671. The molecular weight excluding hydrogens is 278 g/mol. The summed E-state index contributed by atoms with van der Waals surface area (Å²) in [6.45, 7) is 0.257. The van der Waals surface area contributed by atoms with Crippen molar-refractivity contribution < 1.29 is 9.59 Å². The summed E-state index contributed by atoms with van der Waals surface area (Å²) in [5.74, 6) is -0.264. The lowest BCUT2D eigenvalue weighted by molar-refractivity contribution is -0.121. The minimum absolute atomic E-state index is 0.257. The van der Waals surface area contributed by atoms with Crippen molar-refractivity contribution in [2.75, 3.05) is 18.9 Å². The third kappa shape index (κ3) is 5.48. The first kappa shape index (κ1) is 16.5. The van der Waals surface area contributed by atoms with Crippen molar-refractivity contribution in [3.63, 3.8) is 0 Å². The molecule has 2 N–H and O–H groups in total. The molecule has 5 heteroatoms. The Morgan fingerprint density at radius 1 is 1.09 bits per heavy atom. The molecule has 1 aliphatic carbocycles. The van der Waals surface area contributed by atoms with Crippen LogP contribution in [0.3, 0.4) is 0 Å². The van der Waals surface area contributed by atoms with E-state index in [0.717, 1.165) is 12.8 Å². The van der Waals surface area contributed by atoms with Gasteiger partial charge in [0.25, 0.3) is 0 Å². The van der Waals surface area contributed by atoms with E-state index in [0.29, 0.717) is 11.7 Å². The molecule has 1 aromatic rings. The number of nitrogens with one attached hydrogen (secondary N) is 2. The maximum atomic E-state index is 12.0. The molecule has 0 unspecified atom stereocenters. The number of nitrogens with zero attached hydrogens (tertiary/aromatic N) is 1. The lowest BCUT2D eigenvalue weighted by atomic mass is 10.1. The van der Waals surface area contributed by atoms with Gasteiger partial charge in [-0.15, -0.1) is 0 Å². The van der Waals surface area contributed by atoms with E-state index in [1.807, 2.05) is 25.2 Å². The van der Waals surface area contributed by atoms with Gasteiger partial charge in [0.05, 0.1) is 6.54 Å². The van der Waals surface area contributed by atoms with Gasteiger partial charge in [-0.25, -0.2) is 4.79 Å². The van der Waals surface area contributed by atoms with E-state index >= 15 is 0 Å². The first-order valence-corrected chi connectivity index (χ1v) is 8.01. The molecule has 1 saturated carbocycles. The monoisotopic (exact) mass is 303 g/mol. The molecule has 0 aromatic heterocycles. The molecule has 1 aromatic carbocycles. The van der Waals surface area contributed by atoms with Crippen LogP contribution < -0.4 is 10.6 Å². The molecule has 0 aliphatic heterocycles. The molecule has 1 fully saturated rings. The highest BCUT2D eigenvalue weighted by atomic mass is 16.2. The normalized spacial score (nSPS) is 16.1. The molecular formula is C17H25N3O2. The van der Waals surface area contributed by atoms with Crippen LogP contribution in [0.5, 0.6) is 0 Å². The number of likely N-dealkylation sites (N-methyl/N-ethyl adjacent to an activating group) is 1. The van der Waals surface area contributed by atoms with Gasteiger partial charge in [-0.3, -0.25) is 15.0 Å². The molecule has 5 nitrogen and oxygen atoms in total. The fourth-order valence-electron chi connectivity index (χ4n) is 2.90. The van der Waals surface area contributed by atoms with Crippen molar-refractivity contribution in [1.29, 1.82) is 0 Å². The highest BCUT2D eigenvalue weighted by Gasteiger charge is 2.19. The quantitative estimate of drug-likeness (QED) is 0.841. The van der Waals surface area contributed by atoms with Crippen LogP contribution in [-0.4, -0.2) is 36.5 Å². The first-order chi connectivity index (χ1) is 10.6. The van der Waals surface area contributed by atoms with E-state index in [-0.39, 0.29) is 12.5 Å². The van der Waals surface area contributed by atoms with Gasteiger partial charge in [0.2, 0.25) is 5.91 Å². The lowest BCUT2D eigenvalue weighted by Gasteiger charge is -2.26. The van der Waals surface area contributed by atoms with Gasteiger partial charge >= 0.3 is 6.03 Å². The fraction of sp³-hybridized carbons (Fsp3) is 0.529. The number of amides is 3. The van der Waals surface area contributed by atoms with Gasteiger partial charge in [-0.05, 0) is 32.0 Å². The number of carbonyl (C=O) groups is 2. The minimum Gasteiger partial charge on any atom is -0.308 e. The number of rotatable bonds is 4. The third-order valence-electron chi connectivity index (χ3n) is 4.13. The zero-order chi connectivity index (χ0) is 15.8. The van der Waals surface area contributed by atoms with Crippen LogP contribution in [0.15, 0.2) is 30.3 Å². The molecule has 1 aliphatic rings. The van der Waals surface area contributed by atoms with E-state index in [1.54, 1.807) is 12.1 Å². The van der Waals surface area contributed by atoms with E-state index in [9.17, 15) is 9.59 Å². The molecule has 22 heavy (non-hydrogen) atoms. The molecule has 0 radical (unpaired) electrons. The average molecular weight is 303 g/mol. The van der Waals surface area contributed by atoms with Crippen LogP contribution in [0.4, 0.5) is 10.5 Å². The van der Waals surface area contributed by atoms with E-state index in [4.69, 9.17) is 0 Å². The van der Waals surface area contributed by atoms with E-state index in [1.165, 1.54) is 25.7 Å². The molecule has 0 heterocycles. The van der Waals surface area contributed by atoms with Crippen molar-refractivity contribution in [1.82, 2.24) is 10.2 Å². The fourth-order valence-corrected chi connectivity index (χ4v) is 2.90. The van der Waals surface area contributed by atoms with Gasteiger partial charge in [-0.2, -0.15) is 0 Å². The zero-order valence-electron chi connectivity index (χ0n) is 13.2. The van der Waals surface area contributed by atoms with Crippen LogP contribution in [0.1, 0.15) is 38.5 Å². The maximum absolute atomic E-state index is 12.0. The maximum Gasteiger partial charge on any atom is 0.325 e. The van der Waals surface area contributed by atoms with Gasteiger partial charge in [0, 0.05) is 11.7 Å². The highest BCUT2D eigenvalue weighted by Crippen LogP contribution is 2.20. The second-order valence-corrected chi connectivity index (χ2v) is 5.93. The van der Waals surface area contributed by atoms with Crippen molar-refractivity contribution in [2.24, 2.45) is 0 Å². The second-order valence-electron chi connectivity index (χ2n) is 5.93. The Morgan fingerprint density at radius 3 is 2.36 bits per heavy atom. The first-order valence-electron chi connectivity index (χ1n) is 8.01. The molecule has 0 atom stereocenters. The zero-order valence-corrected chi connectivity index (χ0v) is 13.2. The molecule has 0 bridgehead atoms. The lowest BCUT2D eigenvalue weighted by Crippen LogP contribution is -2.43. The van der Waals surface area contributed by atoms with Crippen molar-refractivity contribution >= 4 is 17.6 Å². The van der Waals surface area contributed by atoms with Crippen molar-refractivity contribution in [3.8, 4) is 0 Å². The van der Waals surface area contributed by atoms with Crippen LogP contribution in [0.25, 0.3) is 0 Å². The van der Waals surface area contributed by atoms with Crippen LogP contribution in [0, 0.1) is 0 Å². The molecule has 120 valence electrons. The summed E-state index contributed by atoms with van der Waals surface area (Å²) in [5, 5.41) is 5.03. The summed E-state index contributed by atoms with van der Waals surface area (Å²) in [6, 6.07) is 9.06.